The molecule has 2 nitrogen and oxygen atoms in total. The molecule has 1 heterocycles. The molecule has 0 spiro atoms. The van der Waals surface area contributed by atoms with Crippen molar-refractivity contribution >= 4 is 11.3 Å². The molecule has 18 heavy (non-hydrogen) atoms. The van der Waals surface area contributed by atoms with Crippen LogP contribution in [0.3, 0.4) is 0 Å². The van der Waals surface area contributed by atoms with Crippen molar-refractivity contribution in [2.45, 2.75) is 46.0 Å². The Morgan fingerprint density at radius 2 is 2.22 bits per heavy atom. The summed E-state index contributed by atoms with van der Waals surface area (Å²) in [5.41, 5.74) is 1.18. The fourth-order valence-electron chi connectivity index (χ4n) is 3.30. The molecule has 0 aromatic carbocycles. The van der Waals surface area contributed by atoms with Crippen LogP contribution < -0.4 is 5.32 Å². The van der Waals surface area contributed by atoms with Crippen molar-refractivity contribution in [3.63, 3.8) is 0 Å². The second kappa shape index (κ2) is 6.67. The number of nitrogens with one attached hydrogen (secondary N) is 1. The zero-order chi connectivity index (χ0) is 13.0. The first kappa shape index (κ1) is 14.0. The summed E-state index contributed by atoms with van der Waals surface area (Å²) in [5, 5.41) is 6.90. The maximum atomic E-state index is 4.65. The fourth-order valence-corrected chi connectivity index (χ4v) is 4.16. The van der Waals surface area contributed by atoms with Gasteiger partial charge in [-0.1, -0.05) is 19.8 Å². The second-order valence-electron chi connectivity index (χ2n) is 5.75. The minimum Gasteiger partial charge on any atom is -0.319 e. The van der Waals surface area contributed by atoms with Gasteiger partial charge < -0.3 is 5.32 Å². The Labute approximate surface area is 115 Å². The second-order valence-corrected chi connectivity index (χ2v) is 6.69. The Hall–Kier alpha value is -0.410. The molecule has 3 heteroatoms. The van der Waals surface area contributed by atoms with E-state index in [4.69, 9.17) is 0 Å². The molecule has 0 aliphatic heterocycles. The minimum atomic E-state index is 0.835. The van der Waals surface area contributed by atoms with Gasteiger partial charge in [0.15, 0.2) is 0 Å². The SMILES string of the molecule is CCC1CCC(CNC)C(Cc2nc(C)cs2)C1. The quantitative estimate of drug-likeness (QED) is 0.880. The largest absolute Gasteiger partial charge is 0.319 e. The van der Waals surface area contributed by atoms with Crippen molar-refractivity contribution in [1.29, 1.82) is 0 Å². The lowest BCUT2D eigenvalue weighted by Crippen LogP contribution is -2.32. The van der Waals surface area contributed by atoms with Gasteiger partial charge in [-0.05, 0) is 51.1 Å². The summed E-state index contributed by atoms with van der Waals surface area (Å²) < 4.78 is 0. The zero-order valence-corrected chi connectivity index (χ0v) is 12.7. The third-order valence-electron chi connectivity index (χ3n) is 4.40. The first-order valence-corrected chi connectivity index (χ1v) is 8.16. The number of hydrogen-bond donors (Lipinski definition) is 1. The van der Waals surface area contributed by atoms with Crippen molar-refractivity contribution in [2.75, 3.05) is 13.6 Å². The average Bonchev–Trinajstić information content (AvgIpc) is 2.77. The third kappa shape index (κ3) is 3.55. The van der Waals surface area contributed by atoms with Gasteiger partial charge in [0.2, 0.25) is 0 Å². The van der Waals surface area contributed by atoms with Gasteiger partial charge in [0, 0.05) is 17.5 Å². The summed E-state index contributed by atoms with van der Waals surface area (Å²) in [6.07, 6.45) is 6.77. The normalized spacial score (nSPS) is 28.5. The predicted octanol–water partition coefficient (Wildman–Crippen LogP) is 3.66. The van der Waals surface area contributed by atoms with Crippen LogP contribution in [0.15, 0.2) is 5.38 Å². The lowest BCUT2D eigenvalue weighted by molar-refractivity contribution is 0.173. The monoisotopic (exact) mass is 266 g/mol. The highest BCUT2D eigenvalue weighted by molar-refractivity contribution is 7.09. The van der Waals surface area contributed by atoms with E-state index in [1.54, 1.807) is 0 Å². The Kier molecular flexibility index (Phi) is 5.19. The summed E-state index contributed by atoms with van der Waals surface area (Å²) >= 11 is 1.84. The van der Waals surface area contributed by atoms with Crippen LogP contribution in [0.5, 0.6) is 0 Å². The molecule has 1 N–H and O–H groups in total. The Morgan fingerprint density at radius 1 is 1.39 bits per heavy atom. The maximum absolute atomic E-state index is 4.65. The van der Waals surface area contributed by atoms with Crippen LogP contribution in [0.25, 0.3) is 0 Å². The molecule has 0 amide bonds. The third-order valence-corrected chi connectivity index (χ3v) is 5.38. The van der Waals surface area contributed by atoms with Crippen LogP contribution in [0, 0.1) is 24.7 Å². The summed E-state index contributed by atoms with van der Waals surface area (Å²) in [6.45, 7) is 5.61. The first-order chi connectivity index (χ1) is 8.72. The Morgan fingerprint density at radius 3 is 2.83 bits per heavy atom. The number of rotatable bonds is 5. The van der Waals surface area contributed by atoms with E-state index >= 15 is 0 Å². The highest BCUT2D eigenvalue weighted by Crippen LogP contribution is 2.37. The molecule has 0 radical (unpaired) electrons. The smallest absolute Gasteiger partial charge is 0.0930 e. The molecule has 1 aliphatic rings. The topological polar surface area (TPSA) is 24.9 Å². The fraction of sp³-hybridized carbons (Fsp3) is 0.800. The lowest BCUT2D eigenvalue weighted by Gasteiger charge is -2.35. The van der Waals surface area contributed by atoms with E-state index in [2.05, 4.69) is 36.6 Å². The van der Waals surface area contributed by atoms with E-state index in [-0.39, 0.29) is 0 Å². The first-order valence-electron chi connectivity index (χ1n) is 7.28. The van der Waals surface area contributed by atoms with E-state index in [1.807, 2.05) is 11.3 Å². The van der Waals surface area contributed by atoms with Crippen molar-refractivity contribution in [1.82, 2.24) is 10.3 Å². The van der Waals surface area contributed by atoms with Gasteiger partial charge >= 0.3 is 0 Å². The summed E-state index contributed by atoms with van der Waals surface area (Å²) in [4.78, 5) is 4.65. The lowest BCUT2D eigenvalue weighted by atomic mass is 9.72. The maximum Gasteiger partial charge on any atom is 0.0930 e. The van der Waals surface area contributed by atoms with Gasteiger partial charge in [0.25, 0.3) is 0 Å². The van der Waals surface area contributed by atoms with Crippen molar-refractivity contribution in [2.24, 2.45) is 17.8 Å². The summed E-state index contributed by atoms with van der Waals surface area (Å²) in [5.74, 6) is 2.63. The van der Waals surface area contributed by atoms with Crippen LogP contribution in [-0.2, 0) is 6.42 Å². The molecule has 3 atom stereocenters. The van der Waals surface area contributed by atoms with Crippen LogP contribution in [0.1, 0.15) is 43.3 Å². The van der Waals surface area contributed by atoms with E-state index in [0.29, 0.717) is 0 Å². The number of aromatic nitrogens is 1. The minimum absolute atomic E-state index is 0.835. The molecular weight excluding hydrogens is 240 g/mol. The standard InChI is InChI=1S/C15H26N2S/c1-4-12-5-6-13(9-16-3)14(7-12)8-15-17-11(2)10-18-15/h10,12-14,16H,4-9H2,1-3H3. The van der Waals surface area contributed by atoms with E-state index < -0.39 is 0 Å². The molecule has 102 valence electrons. The molecule has 1 aliphatic carbocycles. The van der Waals surface area contributed by atoms with Crippen molar-refractivity contribution in [3.05, 3.63) is 16.1 Å². The molecule has 1 aromatic rings. The zero-order valence-electron chi connectivity index (χ0n) is 11.9. The van der Waals surface area contributed by atoms with Crippen LogP contribution in [0.2, 0.25) is 0 Å². The van der Waals surface area contributed by atoms with Gasteiger partial charge in [-0.25, -0.2) is 4.98 Å². The van der Waals surface area contributed by atoms with Gasteiger partial charge in [-0.15, -0.1) is 11.3 Å². The van der Waals surface area contributed by atoms with E-state index in [0.717, 1.165) is 17.8 Å². The molecule has 1 aromatic heterocycles. The summed E-state index contributed by atoms with van der Waals surface area (Å²) in [6, 6.07) is 0. The summed E-state index contributed by atoms with van der Waals surface area (Å²) in [7, 11) is 2.08. The molecule has 3 unspecified atom stereocenters. The van der Waals surface area contributed by atoms with Crippen LogP contribution in [0.4, 0.5) is 0 Å². The molecule has 0 saturated heterocycles. The Bertz CT molecular complexity index is 361. The van der Waals surface area contributed by atoms with Gasteiger partial charge in [0.05, 0.1) is 5.01 Å². The van der Waals surface area contributed by atoms with Gasteiger partial charge in [0.1, 0.15) is 0 Å². The van der Waals surface area contributed by atoms with E-state index in [1.165, 1.54) is 49.4 Å². The number of hydrogen-bond acceptors (Lipinski definition) is 3. The van der Waals surface area contributed by atoms with Crippen LogP contribution in [-0.4, -0.2) is 18.6 Å². The molecule has 2 rings (SSSR count). The number of nitrogens with zero attached hydrogens (tertiary/aromatic N) is 1. The predicted molar refractivity (Wildman–Crippen MR) is 79.1 cm³/mol. The van der Waals surface area contributed by atoms with Crippen molar-refractivity contribution < 1.29 is 0 Å². The number of thiazole rings is 1. The molecular formula is C15H26N2S. The number of aryl methyl sites for hydroxylation is 1. The highest BCUT2D eigenvalue weighted by Gasteiger charge is 2.29. The van der Waals surface area contributed by atoms with E-state index in [9.17, 15) is 0 Å². The van der Waals surface area contributed by atoms with Gasteiger partial charge in [-0.3, -0.25) is 0 Å². The molecule has 1 fully saturated rings. The van der Waals surface area contributed by atoms with Crippen LogP contribution >= 0.6 is 11.3 Å². The molecule has 1 saturated carbocycles. The Balaban J connectivity index is 2.00. The van der Waals surface area contributed by atoms with Gasteiger partial charge in [-0.2, -0.15) is 0 Å². The average molecular weight is 266 g/mol. The highest BCUT2D eigenvalue weighted by atomic mass is 32.1. The van der Waals surface area contributed by atoms with Crippen molar-refractivity contribution in [3.8, 4) is 0 Å². The molecule has 0 bridgehead atoms.